The maximum absolute atomic E-state index is 13.9. The number of carbonyl (C=O) groups excluding carboxylic acids is 2. The summed E-state index contributed by atoms with van der Waals surface area (Å²) in [6, 6.07) is 22.7. The van der Waals surface area contributed by atoms with E-state index in [0.717, 1.165) is 40.7 Å². The predicted octanol–water partition coefficient (Wildman–Crippen LogP) is 5.71. The number of amides is 2. The van der Waals surface area contributed by atoms with Crippen molar-refractivity contribution >= 4 is 27.5 Å². The Bertz CT molecular complexity index is 1420. The molecule has 0 aliphatic rings. The van der Waals surface area contributed by atoms with Crippen molar-refractivity contribution in [3.05, 3.63) is 101 Å². The molecule has 0 aliphatic carbocycles. The first-order valence-corrected chi connectivity index (χ1v) is 16.6. The molecule has 7 nitrogen and oxygen atoms in total. The summed E-state index contributed by atoms with van der Waals surface area (Å²) in [5, 5.41) is 3.04. The summed E-state index contributed by atoms with van der Waals surface area (Å²) in [5.41, 5.74) is 5.45. The van der Waals surface area contributed by atoms with Crippen LogP contribution < -0.4 is 9.62 Å². The summed E-state index contributed by atoms with van der Waals surface area (Å²) < 4.78 is 26.9. The van der Waals surface area contributed by atoms with Crippen molar-refractivity contribution in [1.82, 2.24) is 10.2 Å². The number of aryl methyl sites for hydroxylation is 3. The van der Waals surface area contributed by atoms with Crippen molar-refractivity contribution in [2.45, 2.75) is 72.4 Å². The highest BCUT2D eigenvalue weighted by molar-refractivity contribution is 7.92. The van der Waals surface area contributed by atoms with Crippen molar-refractivity contribution in [3.8, 4) is 0 Å². The molecular formula is C34H45N3O4S. The quantitative estimate of drug-likeness (QED) is 0.229. The topological polar surface area (TPSA) is 86.8 Å². The molecule has 0 heterocycles. The summed E-state index contributed by atoms with van der Waals surface area (Å²) in [6.45, 7) is 8.88. The van der Waals surface area contributed by atoms with Gasteiger partial charge in [-0.25, -0.2) is 8.42 Å². The van der Waals surface area contributed by atoms with Gasteiger partial charge in [-0.3, -0.25) is 13.9 Å². The second-order valence-electron chi connectivity index (χ2n) is 11.1. The molecule has 3 aromatic carbocycles. The average Bonchev–Trinajstić information content (AvgIpc) is 2.95. The van der Waals surface area contributed by atoms with Crippen LogP contribution in [0.4, 0.5) is 5.69 Å². The minimum Gasteiger partial charge on any atom is -0.354 e. The SMILES string of the molecule is CCCCNC(=O)[C@H](Cc1ccccc1)N(Cc1ccc(C)cc1)C(=O)CCCN(c1cc(C)ccc1C)S(C)(=O)=O. The monoisotopic (exact) mass is 591 g/mol. The van der Waals surface area contributed by atoms with Crippen LogP contribution >= 0.6 is 0 Å². The fourth-order valence-corrected chi connectivity index (χ4v) is 5.94. The van der Waals surface area contributed by atoms with Gasteiger partial charge in [0.2, 0.25) is 21.8 Å². The molecule has 0 spiro atoms. The normalized spacial score (nSPS) is 12.0. The van der Waals surface area contributed by atoms with Gasteiger partial charge in [-0.1, -0.05) is 85.6 Å². The van der Waals surface area contributed by atoms with Gasteiger partial charge in [0.25, 0.3) is 0 Å². The van der Waals surface area contributed by atoms with E-state index in [1.165, 1.54) is 10.6 Å². The second-order valence-corrected chi connectivity index (χ2v) is 13.0. The Morgan fingerprint density at radius 1 is 0.857 bits per heavy atom. The fourth-order valence-electron chi connectivity index (χ4n) is 4.92. The van der Waals surface area contributed by atoms with Crippen molar-refractivity contribution in [2.75, 3.05) is 23.7 Å². The van der Waals surface area contributed by atoms with Gasteiger partial charge < -0.3 is 10.2 Å². The molecule has 8 heteroatoms. The van der Waals surface area contributed by atoms with Gasteiger partial charge in [-0.15, -0.1) is 0 Å². The molecule has 0 unspecified atom stereocenters. The van der Waals surface area contributed by atoms with E-state index in [-0.39, 0.29) is 31.3 Å². The van der Waals surface area contributed by atoms with E-state index < -0.39 is 16.1 Å². The molecule has 0 aromatic heterocycles. The molecule has 0 fully saturated rings. The van der Waals surface area contributed by atoms with E-state index in [1.807, 2.05) is 93.6 Å². The van der Waals surface area contributed by atoms with E-state index >= 15 is 0 Å². The van der Waals surface area contributed by atoms with Crippen molar-refractivity contribution < 1.29 is 18.0 Å². The first-order valence-electron chi connectivity index (χ1n) is 14.7. The molecule has 0 saturated heterocycles. The maximum Gasteiger partial charge on any atom is 0.243 e. The summed E-state index contributed by atoms with van der Waals surface area (Å²) >= 11 is 0. The minimum absolute atomic E-state index is 0.107. The molecule has 226 valence electrons. The Labute approximate surface area is 252 Å². The third kappa shape index (κ3) is 9.72. The molecule has 3 aromatic rings. The predicted molar refractivity (Wildman–Crippen MR) is 171 cm³/mol. The zero-order valence-corrected chi connectivity index (χ0v) is 26.4. The number of nitrogens with zero attached hydrogens (tertiary/aromatic N) is 2. The Kier molecular flexibility index (Phi) is 12.2. The lowest BCUT2D eigenvalue weighted by atomic mass is 10.0. The molecule has 1 N–H and O–H groups in total. The largest absolute Gasteiger partial charge is 0.354 e. The number of rotatable bonds is 15. The summed E-state index contributed by atoms with van der Waals surface area (Å²) in [5.74, 6) is -0.363. The van der Waals surface area contributed by atoms with Crippen molar-refractivity contribution in [2.24, 2.45) is 0 Å². The van der Waals surface area contributed by atoms with Gasteiger partial charge in [-0.2, -0.15) is 0 Å². The molecular weight excluding hydrogens is 546 g/mol. The lowest BCUT2D eigenvalue weighted by Gasteiger charge is -2.32. The van der Waals surface area contributed by atoms with Gasteiger partial charge in [0.15, 0.2) is 0 Å². The number of sulfonamides is 1. The Morgan fingerprint density at radius 3 is 2.17 bits per heavy atom. The number of benzene rings is 3. The zero-order chi connectivity index (χ0) is 30.7. The van der Waals surface area contributed by atoms with Crippen LogP contribution in [0.1, 0.15) is 60.4 Å². The van der Waals surface area contributed by atoms with E-state index in [9.17, 15) is 18.0 Å². The number of hydrogen-bond donors (Lipinski definition) is 1. The fraction of sp³-hybridized carbons (Fsp3) is 0.412. The van der Waals surface area contributed by atoms with Crippen LogP contribution in [0.2, 0.25) is 0 Å². The summed E-state index contributed by atoms with van der Waals surface area (Å²) in [7, 11) is -3.57. The molecule has 42 heavy (non-hydrogen) atoms. The van der Waals surface area contributed by atoms with Crippen molar-refractivity contribution in [1.29, 1.82) is 0 Å². The highest BCUT2D eigenvalue weighted by atomic mass is 32.2. The van der Waals surface area contributed by atoms with Gasteiger partial charge in [0.1, 0.15) is 6.04 Å². The van der Waals surface area contributed by atoms with Crippen LogP contribution in [-0.2, 0) is 32.6 Å². The Hall–Kier alpha value is -3.65. The van der Waals surface area contributed by atoms with E-state index in [2.05, 4.69) is 12.2 Å². The van der Waals surface area contributed by atoms with E-state index in [4.69, 9.17) is 0 Å². The molecule has 0 aliphatic heterocycles. The Balaban J connectivity index is 1.88. The number of nitrogens with one attached hydrogen (secondary N) is 1. The summed E-state index contributed by atoms with van der Waals surface area (Å²) in [6.07, 6.45) is 3.81. The molecule has 0 radical (unpaired) electrons. The lowest BCUT2D eigenvalue weighted by Crippen LogP contribution is -2.50. The van der Waals surface area contributed by atoms with Crippen LogP contribution in [-0.4, -0.2) is 50.5 Å². The Morgan fingerprint density at radius 2 is 1.52 bits per heavy atom. The van der Waals surface area contributed by atoms with E-state index in [0.29, 0.717) is 25.1 Å². The van der Waals surface area contributed by atoms with E-state index in [1.54, 1.807) is 4.90 Å². The average molecular weight is 592 g/mol. The lowest BCUT2D eigenvalue weighted by molar-refractivity contribution is -0.141. The van der Waals surface area contributed by atoms with Crippen LogP contribution in [0.3, 0.4) is 0 Å². The smallest absolute Gasteiger partial charge is 0.243 e. The second kappa shape index (κ2) is 15.5. The standard InChI is InChI=1S/C34H45N3O4S/c1-6-7-21-35-34(39)32(24-29-12-9-8-10-13-29)36(25-30-19-16-26(2)17-20-30)33(38)14-11-22-37(42(5,40)41)31-23-27(3)15-18-28(31)4/h8-10,12-13,15-20,23,32H,6-7,11,14,21-22,24-25H2,1-5H3,(H,35,39)/t32-/m0/s1. The number of carbonyl (C=O) groups is 2. The van der Waals surface area contributed by atoms with Crippen LogP contribution in [0.5, 0.6) is 0 Å². The van der Waals surface area contributed by atoms with Gasteiger partial charge in [-0.05, 0) is 61.9 Å². The van der Waals surface area contributed by atoms with Gasteiger partial charge in [0.05, 0.1) is 11.9 Å². The maximum atomic E-state index is 13.9. The molecule has 3 rings (SSSR count). The number of anilines is 1. The molecule has 1 atom stereocenters. The molecule has 2 amide bonds. The van der Waals surface area contributed by atoms with Gasteiger partial charge in [0, 0.05) is 32.5 Å². The van der Waals surface area contributed by atoms with Crippen LogP contribution in [0, 0.1) is 20.8 Å². The third-order valence-electron chi connectivity index (χ3n) is 7.36. The first kappa shape index (κ1) is 32.9. The van der Waals surface area contributed by atoms with Crippen LogP contribution in [0.15, 0.2) is 72.8 Å². The first-order chi connectivity index (χ1) is 20.0. The van der Waals surface area contributed by atoms with Gasteiger partial charge >= 0.3 is 0 Å². The zero-order valence-electron chi connectivity index (χ0n) is 25.6. The third-order valence-corrected chi connectivity index (χ3v) is 8.54. The number of unbranched alkanes of at least 4 members (excludes halogenated alkanes) is 1. The highest BCUT2D eigenvalue weighted by Gasteiger charge is 2.30. The minimum atomic E-state index is -3.57. The number of hydrogen-bond acceptors (Lipinski definition) is 4. The van der Waals surface area contributed by atoms with Crippen LogP contribution in [0.25, 0.3) is 0 Å². The molecule has 0 bridgehead atoms. The molecule has 0 saturated carbocycles. The highest BCUT2D eigenvalue weighted by Crippen LogP contribution is 2.25. The van der Waals surface area contributed by atoms with Crippen molar-refractivity contribution in [3.63, 3.8) is 0 Å². The summed E-state index contributed by atoms with van der Waals surface area (Å²) in [4.78, 5) is 29.2.